The van der Waals surface area contributed by atoms with E-state index in [0.29, 0.717) is 18.2 Å². The zero-order valence-electron chi connectivity index (χ0n) is 12.1. The van der Waals surface area contributed by atoms with Crippen LogP contribution in [0.3, 0.4) is 0 Å². The van der Waals surface area contributed by atoms with Crippen LogP contribution in [0.15, 0.2) is 30.3 Å². The van der Waals surface area contributed by atoms with Gasteiger partial charge < -0.3 is 4.74 Å². The average molecular weight is 259 g/mol. The zero-order valence-corrected chi connectivity index (χ0v) is 12.1. The van der Waals surface area contributed by atoms with Crippen LogP contribution in [0.1, 0.15) is 38.7 Å². The predicted octanol–water partition coefficient (Wildman–Crippen LogP) is 3.46. The first kappa shape index (κ1) is 13.1. The van der Waals surface area contributed by atoms with E-state index >= 15 is 0 Å². The van der Waals surface area contributed by atoms with Crippen LogP contribution >= 0.6 is 0 Å². The molecule has 1 aromatic carbocycles. The summed E-state index contributed by atoms with van der Waals surface area (Å²) < 4.78 is 5.79. The second-order valence-corrected chi connectivity index (χ2v) is 6.34. The van der Waals surface area contributed by atoms with Gasteiger partial charge in [-0.2, -0.15) is 0 Å². The van der Waals surface area contributed by atoms with Gasteiger partial charge in [0.1, 0.15) is 0 Å². The largest absolute Gasteiger partial charge is 0.369 e. The summed E-state index contributed by atoms with van der Waals surface area (Å²) in [7, 11) is 0. The molecular formula is C17H25NO. The molecule has 0 aromatic heterocycles. The Morgan fingerprint density at radius 2 is 2.00 bits per heavy atom. The van der Waals surface area contributed by atoms with Crippen molar-refractivity contribution in [1.82, 2.24) is 4.90 Å². The Kier molecular flexibility index (Phi) is 3.90. The Morgan fingerprint density at radius 3 is 2.74 bits per heavy atom. The van der Waals surface area contributed by atoms with Gasteiger partial charge in [-0.1, -0.05) is 36.8 Å². The molecule has 0 amide bonds. The highest BCUT2D eigenvalue weighted by atomic mass is 16.6. The molecule has 0 unspecified atom stereocenters. The molecule has 2 heteroatoms. The third-order valence-electron chi connectivity index (χ3n) is 4.58. The number of hydrogen-bond acceptors (Lipinski definition) is 2. The Bertz CT molecular complexity index is 403. The number of rotatable bonds is 5. The molecule has 2 fully saturated rings. The van der Waals surface area contributed by atoms with E-state index in [4.69, 9.17) is 4.74 Å². The van der Waals surface area contributed by atoms with Crippen LogP contribution in [0.2, 0.25) is 0 Å². The van der Waals surface area contributed by atoms with Crippen molar-refractivity contribution in [1.29, 1.82) is 0 Å². The highest BCUT2D eigenvalue weighted by Crippen LogP contribution is 2.41. The van der Waals surface area contributed by atoms with E-state index in [1.54, 1.807) is 0 Å². The topological polar surface area (TPSA) is 15.8 Å². The van der Waals surface area contributed by atoms with Crippen LogP contribution < -0.4 is 0 Å². The van der Waals surface area contributed by atoms with Gasteiger partial charge in [0, 0.05) is 25.0 Å². The number of ether oxygens (including phenoxy) is 1. The molecule has 3 rings (SSSR count). The summed E-state index contributed by atoms with van der Waals surface area (Å²) in [6, 6.07) is 11.4. The van der Waals surface area contributed by atoms with Crippen LogP contribution in [-0.2, 0) is 11.3 Å². The minimum Gasteiger partial charge on any atom is -0.369 e. The SMILES string of the molecule is CC(C)N(Cc1ccccc1)C[C@@H]1CCC[C@@H]2O[C@H]12. The molecule has 2 aliphatic rings. The minimum atomic E-state index is 0.575. The Balaban J connectivity index is 1.61. The standard InChI is InChI=1S/C17H25NO/c1-13(2)18(11-14-7-4-3-5-8-14)12-15-9-6-10-16-17(15)19-16/h3-5,7-8,13,15-17H,6,9-12H2,1-2H3/t15-,16-,17+/m0/s1. The number of epoxide rings is 1. The highest BCUT2D eigenvalue weighted by Gasteiger charge is 2.47. The van der Waals surface area contributed by atoms with Crippen molar-refractivity contribution in [2.75, 3.05) is 6.54 Å². The normalized spacial score (nSPS) is 29.6. The van der Waals surface area contributed by atoms with Crippen LogP contribution in [0.25, 0.3) is 0 Å². The van der Waals surface area contributed by atoms with E-state index in [-0.39, 0.29) is 0 Å². The van der Waals surface area contributed by atoms with Crippen molar-refractivity contribution in [2.24, 2.45) is 5.92 Å². The second kappa shape index (κ2) is 5.64. The van der Waals surface area contributed by atoms with Crippen LogP contribution in [0, 0.1) is 5.92 Å². The first-order valence-corrected chi connectivity index (χ1v) is 7.67. The van der Waals surface area contributed by atoms with Gasteiger partial charge in [-0.25, -0.2) is 0 Å². The average Bonchev–Trinajstić information content (AvgIpc) is 3.19. The lowest BCUT2D eigenvalue weighted by atomic mass is 9.88. The van der Waals surface area contributed by atoms with Gasteiger partial charge in [-0.15, -0.1) is 0 Å². The van der Waals surface area contributed by atoms with Crippen LogP contribution in [0.4, 0.5) is 0 Å². The first-order valence-electron chi connectivity index (χ1n) is 7.67. The molecule has 0 N–H and O–H groups in total. The number of nitrogens with zero attached hydrogens (tertiary/aromatic N) is 1. The first-order chi connectivity index (χ1) is 9.24. The monoisotopic (exact) mass is 259 g/mol. The summed E-state index contributed by atoms with van der Waals surface area (Å²) >= 11 is 0. The number of benzene rings is 1. The fourth-order valence-electron chi connectivity index (χ4n) is 3.32. The summed E-state index contributed by atoms with van der Waals surface area (Å²) in [5.74, 6) is 0.755. The molecule has 3 atom stereocenters. The predicted molar refractivity (Wildman–Crippen MR) is 78.0 cm³/mol. The smallest absolute Gasteiger partial charge is 0.0882 e. The third-order valence-corrected chi connectivity index (χ3v) is 4.58. The second-order valence-electron chi connectivity index (χ2n) is 6.34. The van der Waals surface area contributed by atoms with Gasteiger partial charge in [0.15, 0.2) is 0 Å². The summed E-state index contributed by atoms with van der Waals surface area (Å²) in [5.41, 5.74) is 1.42. The summed E-state index contributed by atoms with van der Waals surface area (Å²) in [6.07, 6.45) is 5.17. The molecule has 2 nitrogen and oxygen atoms in total. The van der Waals surface area contributed by atoms with Gasteiger partial charge >= 0.3 is 0 Å². The summed E-state index contributed by atoms with van der Waals surface area (Å²) in [5, 5.41) is 0. The zero-order chi connectivity index (χ0) is 13.2. The maximum absolute atomic E-state index is 5.79. The minimum absolute atomic E-state index is 0.575. The molecule has 1 aliphatic heterocycles. The molecule has 0 spiro atoms. The lowest BCUT2D eigenvalue weighted by molar-refractivity contribution is 0.155. The molecule has 104 valence electrons. The molecule has 1 saturated heterocycles. The maximum atomic E-state index is 5.79. The molecule has 0 bridgehead atoms. The van der Waals surface area contributed by atoms with Crippen molar-refractivity contribution in [3.8, 4) is 0 Å². The van der Waals surface area contributed by atoms with Crippen molar-refractivity contribution in [3.63, 3.8) is 0 Å². The van der Waals surface area contributed by atoms with E-state index in [1.165, 1.54) is 31.4 Å². The number of hydrogen-bond donors (Lipinski definition) is 0. The number of fused-ring (bicyclic) bond motifs is 1. The van der Waals surface area contributed by atoms with E-state index in [2.05, 4.69) is 49.1 Å². The molecule has 1 heterocycles. The molecule has 1 saturated carbocycles. The van der Waals surface area contributed by atoms with Crippen LogP contribution in [-0.4, -0.2) is 29.7 Å². The molecule has 1 aromatic rings. The van der Waals surface area contributed by atoms with Crippen molar-refractivity contribution in [2.45, 2.75) is 57.9 Å². The highest BCUT2D eigenvalue weighted by molar-refractivity contribution is 5.14. The quantitative estimate of drug-likeness (QED) is 0.753. The Morgan fingerprint density at radius 1 is 1.21 bits per heavy atom. The Hall–Kier alpha value is -0.860. The van der Waals surface area contributed by atoms with E-state index in [1.807, 2.05) is 0 Å². The van der Waals surface area contributed by atoms with Gasteiger partial charge in [0.05, 0.1) is 12.2 Å². The summed E-state index contributed by atoms with van der Waals surface area (Å²) in [4.78, 5) is 2.60. The van der Waals surface area contributed by atoms with Gasteiger partial charge in [-0.3, -0.25) is 4.90 Å². The molecule has 1 aliphatic carbocycles. The van der Waals surface area contributed by atoms with Gasteiger partial charge in [0.2, 0.25) is 0 Å². The van der Waals surface area contributed by atoms with Crippen molar-refractivity contribution in [3.05, 3.63) is 35.9 Å². The van der Waals surface area contributed by atoms with E-state index < -0.39 is 0 Å². The van der Waals surface area contributed by atoms with Gasteiger partial charge in [-0.05, 0) is 32.3 Å². The van der Waals surface area contributed by atoms with E-state index in [0.717, 1.165) is 12.5 Å². The van der Waals surface area contributed by atoms with Crippen molar-refractivity contribution >= 4 is 0 Å². The molecule has 0 radical (unpaired) electrons. The molecular weight excluding hydrogens is 234 g/mol. The molecule has 19 heavy (non-hydrogen) atoms. The lowest BCUT2D eigenvalue weighted by Gasteiger charge is -2.31. The fraction of sp³-hybridized carbons (Fsp3) is 0.647. The van der Waals surface area contributed by atoms with E-state index in [9.17, 15) is 0 Å². The van der Waals surface area contributed by atoms with Gasteiger partial charge in [0.25, 0.3) is 0 Å². The lowest BCUT2D eigenvalue weighted by Crippen LogP contribution is -2.37. The third kappa shape index (κ3) is 3.18. The maximum Gasteiger partial charge on any atom is 0.0882 e. The van der Waals surface area contributed by atoms with Crippen LogP contribution in [0.5, 0.6) is 0 Å². The van der Waals surface area contributed by atoms with Crippen molar-refractivity contribution < 1.29 is 4.74 Å². The fourth-order valence-corrected chi connectivity index (χ4v) is 3.32. The Labute approximate surface area is 116 Å². The summed E-state index contributed by atoms with van der Waals surface area (Å²) in [6.45, 7) is 6.86.